The number of hydrogen-bond donors (Lipinski definition) is 4. The third-order valence-electron chi connectivity index (χ3n) is 7.85. The van der Waals surface area contributed by atoms with Gasteiger partial charge in [0.25, 0.3) is 0 Å². The van der Waals surface area contributed by atoms with E-state index < -0.39 is 6.09 Å². The molecule has 0 fully saturated rings. The molecule has 0 saturated carbocycles. The molecule has 1 aliphatic carbocycles. The van der Waals surface area contributed by atoms with Crippen LogP contribution in [0.2, 0.25) is 0 Å². The number of carbonyl (C=O) groups excluding carboxylic acids is 4. The first-order valence-corrected chi connectivity index (χ1v) is 15.3. The highest BCUT2D eigenvalue weighted by molar-refractivity contribution is 5.80. The van der Waals surface area contributed by atoms with Crippen molar-refractivity contribution in [1.82, 2.24) is 21.3 Å². The van der Waals surface area contributed by atoms with Crippen molar-refractivity contribution in [3.05, 3.63) is 95.1 Å². The molecule has 10 heteroatoms. The summed E-state index contributed by atoms with van der Waals surface area (Å²) in [6, 6.07) is 23.8. The Morgan fingerprint density at radius 1 is 0.867 bits per heavy atom. The first-order valence-electron chi connectivity index (χ1n) is 15.3. The molecule has 10 nitrogen and oxygen atoms in total. The molecule has 0 spiro atoms. The Kier molecular flexibility index (Phi) is 12.1. The van der Waals surface area contributed by atoms with Crippen LogP contribution in [0.3, 0.4) is 0 Å². The van der Waals surface area contributed by atoms with Crippen molar-refractivity contribution in [3.63, 3.8) is 0 Å². The van der Waals surface area contributed by atoms with Gasteiger partial charge in [-0.3, -0.25) is 14.4 Å². The van der Waals surface area contributed by atoms with Crippen LogP contribution in [0.25, 0.3) is 11.1 Å². The summed E-state index contributed by atoms with van der Waals surface area (Å²) in [5.41, 5.74) is 6.65. The fraction of sp³-hybridized carbons (Fsp3) is 0.371. The summed E-state index contributed by atoms with van der Waals surface area (Å²) in [7, 11) is 0. The molecule has 1 aliphatic rings. The molecular weight excluding hydrogens is 572 g/mol. The van der Waals surface area contributed by atoms with Crippen molar-refractivity contribution >= 4 is 24.3 Å². The predicted octanol–water partition coefficient (Wildman–Crippen LogP) is 3.82. The maximum atomic E-state index is 12.7. The average Bonchev–Trinajstić information content (AvgIpc) is 3.35. The van der Waals surface area contributed by atoms with E-state index in [1.807, 2.05) is 62.4 Å². The van der Waals surface area contributed by atoms with Gasteiger partial charge in [0, 0.05) is 18.5 Å². The molecule has 45 heavy (non-hydrogen) atoms. The van der Waals surface area contributed by atoms with Gasteiger partial charge >= 0.3 is 6.09 Å². The number of alkyl carbamates (subject to hydrolysis) is 1. The zero-order valence-electron chi connectivity index (χ0n) is 26.0. The van der Waals surface area contributed by atoms with Crippen molar-refractivity contribution in [2.24, 2.45) is 0 Å². The summed E-state index contributed by atoms with van der Waals surface area (Å²) in [5.74, 6) is -0.598. The van der Waals surface area contributed by atoms with Gasteiger partial charge < -0.3 is 30.7 Å². The van der Waals surface area contributed by atoms with E-state index in [2.05, 4.69) is 45.5 Å². The second-order valence-corrected chi connectivity index (χ2v) is 11.3. The summed E-state index contributed by atoms with van der Waals surface area (Å²) < 4.78 is 11.4. The molecule has 3 aromatic carbocycles. The zero-order chi connectivity index (χ0) is 32.2. The lowest BCUT2D eigenvalue weighted by Crippen LogP contribution is -2.46. The molecule has 3 aromatic rings. The van der Waals surface area contributed by atoms with Crippen molar-refractivity contribution < 1.29 is 28.7 Å². The highest BCUT2D eigenvalue weighted by Crippen LogP contribution is 2.44. The molecule has 4 amide bonds. The number of carbonyl (C=O) groups is 4. The lowest BCUT2D eigenvalue weighted by atomic mass is 9.98. The van der Waals surface area contributed by atoms with Crippen LogP contribution < -0.4 is 21.3 Å². The number of ether oxygens (including phenoxy) is 2. The molecule has 0 heterocycles. The molecule has 4 N–H and O–H groups in total. The number of benzene rings is 3. The Balaban J connectivity index is 1.19. The van der Waals surface area contributed by atoms with E-state index in [0.29, 0.717) is 25.8 Å². The topological polar surface area (TPSA) is 135 Å². The van der Waals surface area contributed by atoms with E-state index in [1.54, 1.807) is 6.92 Å². The van der Waals surface area contributed by atoms with E-state index in [-0.39, 0.29) is 55.7 Å². The molecule has 0 aromatic heterocycles. The smallest absolute Gasteiger partial charge is 0.407 e. The molecule has 3 atom stereocenters. The molecule has 3 unspecified atom stereocenters. The van der Waals surface area contributed by atoms with Crippen LogP contribution >= 0.6 is 0 Å². The number of hydrogen-bond acceptors (Lipinski definition) is 6. The average molecular weight is 615 g/mol. The molecule has 0 radical (unpaired) electrons. The third kappa shape index (κ3) is 9.39. The van der Waals surface area contributed by atoms with E-state index in [1.165, 1.54) is 22.3 Å². The number of fused-ring (bicyclic) bond motifs is 3. The fourth-order valence-electron chi connectivity index (χ4n) is 5.69. The molecule has 0 bridgehead atoms. The van der Waals surface area contributed by atoms with Gasteiger partial charge in [-0.05, 0) is 60.1 Å². The van der Waals surface area contributed by atoms with Crippen LogP contribution in [0.5, 0.6) is 0 Å². The Hall–Kier alpha value is -4.70. The largest absolute Gasteiger partial charge is 0.449 e. The maximum Gasteiger partial charge on any atom is 0.407 e. The molecule has 4 rings (SSSR count). The fourth-order valence-corrected chi connectivity index (χ4v) is 5.69. The first kappa shape index (κ1) is 33.2. The Morgan fingerprint density at radius 2 is 1.53 bits per heavy atom. The zero-order valence-corrected chi connectivity index (χ0v) is 26.0. The van der Waals surface area contributed by atoms with E-state index >= 15 is 0 Å². The van der Waals surface area contributed by atoms with Crippen LogP contribution in [-0.4, -0.2) is 62.3 Å². The minimum absolute atomic E-state index is 0.00431. The van der Waals surface area contributed by atoms with Gasteiger partial charge in [0.2, 0.25) is 18.2 Å². The van der Waals surface area contributed by atoms with Gasteiger partial charge in [-0.25, -0.2) is 4.79 Å². The lowest BCUT2D eigenvalue weighted by Gasteiger charge is -2.24. The minimum Gasteiger partial charge on any atom is -0.449 e. The molecule has 0 saturated heterocycles. The summed E-state index contributed by atoms with van der Waals surface area (Å²) in [4.78, 5) is 47.4. The second kappa shape index (κ2) is 16.4. The minimum atomic E-state index is -0.454. The highest BCUT2D eigenvalue weighted by atomic mass is 16.5. The molecule has 238 valence electrons. The van der Waals surface area contributed by atoms with Gasteiger partial charge in [-0.1, -0.05) is 79.7 Å². The van der Waals surface area contributed by atoms with Gasteiger partial charge in [-0.2, -0.15) is 0 Å². The quantitative estimate of drug-likeness (QED) is 0.181. The van der Waals surface area contributed by atoms with Crippen LogP contribution in [0.4, 0.5) is 4.79 Å². The van der Waals surface area contributed by atoms with Gasteiger partial charge in [0.05, 0.1) is 18.7 Å². The third-order valence-corrected chi connectivity index (χ3v) is 7.85. The van der Waals surface area contributed by atoms with Crippen molar-refractivity contribution in [3.8, 4) is 11.1 Å². The van der Waals surface area contributed by atoms with Crippen LogP contribution in [0.15, 0.2) is 72.8 Å². The summed E-state index contributed by atoms with van der Waals surface area (Å²) in [5, 5.41) is 10.9. The van der Waals surface area contributed by atoms with Gasteiger partial charge in [0.1, 0.15) is 13.2 Å². The van der Waals surface area contributed by atoms with Gasteiger partial charge in [-0.15, -0.1) is 0 Å². The van der Waals surface area contributed by atoms with E-state index in [4.69, 9.17) is 9.47 Å². The van der Waals surface area contributed by atoms with Crippen molar-refractivity contribution in [1.29, 1.82) is 0 Å². The number of amides is 4. The monoisotopic (exact) mass is 614 g/mol. The lowest BCUT2D eigenvalue weighted by molar-refractivity contribution is -0.129. The standard InChI is InChI=1S/C35H42N4O6/c1-4-32(24(3)39-33(41)19-36-22-40)44-21-34(42)37-18-26-11-9-10-25(17-26)16-23(2)38-35(43)45-20-31-29-14-7-5-12-27(29)28-13-6-8-15-30(28)31/h5-15,17,22-24,31-32H,4,16,18-21H2,1-3H3,(H,36,40)(H,37,42)(H,38,43)(H,39,41). The van der Waals surface area contributed by atoms with E-state index in [9.17, 15) is 19.2 Å². The van der Waals surface area contributed by atoms with Crippen molar-refractivity contribution in [2.45, 2.75) is 64.3 Å². The highest BCUT2D eigenvalue weighted by Gasteiger charge is 2.29. The normalized spacial score (nSPS) is 13.8. The van der Waals surface area contributed by atoms with E-state index in [0.717, 1.165) is 11.1 Å². The number of rotatable bonds is 16. The Bertz CT molecular complexity index is 1430. The molecular formula is C35H42N4O6. The predicted molar refractivity (Wildman–Crippen MR) is 171 cm³/mol. The number of nitrogens with one attached hydrogen (secondary N) is 4. The Morgan fingerprint density at radius 3 is 2.20 bits per heavy atom. The van der Waals surface area contributed by atoms with Crippen LogP contribution in [0.1, 0.15) is 55.4 Å². The SMILES string of the molecule is CCC(OCC(=O)NCc1cccc(CC(C)NC(=O)OCC2c3ccccc3-c3ccccc32)c1)C(C)NC(=O)CNC=O. The maximum absolute atomic E-state index is 12.7. The van der Waals surface area contributed by atoms with Crippen molar-refractivity contribution in [2.75, 3.05) is 19.8 Å². The second-order valence-electron chi connectivity index (χ2n) is 11.3. The summed E-state index contributed by atoms with van der Waals surface area (Å²) in [6.45, 7) is 5.95. The summed E-state index contributed by atoms with van der Waals surface area (Å²) >= 11 is 0. The van der Waals surface area contributed by atoms with Crippen LogP contribution in [-0.2, 0) is 36.8 Å². The van der Waals surface area contributed by atoms with Gasteiger partial charge in [0.15, 0.2) is 0 Å². The molecule has 0 aliphatic heterocycles. The Labute approximate surface area is 264 Å². The van der Waals surface area contributed by atoms with Crippen LogP contribution in [0, 0.1) is 0 Å². The first-order chi connectivity index (χ1) is 21.8. The summed E-state index contributed by atoms with van der Waals surface area (Å²) in [6.07, 6.45) is 0.844.